The van der Waals surface area contributed by atoms with E-state index in [1.807, 2.05) is 0 Å². The van der Waals surface area contributed by atoms with Crippen molar-refractivity contribution >= 4 is 35.1 Å². The third-order valence-electron chi connectivity index (χ3n) is 4.74. The van der Waals surface area contributed by atoms with Crippen LogP contribution in [-0.2, 0) is 26.1 Å². The third-order valence-corrected chi connectivity index (χ3v) is 5.69. The summed E-state index contributed by atoms with van der Waals surface area (Å²) in [5, 5.41) is 21.5. The molecule has 0 aliphatic carbocycles. The summed E-state index contributed by atoms with van der Waals surface area (Å²) in [4.78, 5) is 21.3. The smallest absolute Gasteiger partial charge is 0.417 e. The monoisotopic (exact) mass is 598 g/mol. The van der Waals surface area contributed by atoms with Gasteiger partial charge >= 0.3 is 24.3 Å². The van der Waals surface area contributed by atoms with E-state index in [1.165, 1.54) is 0 Å². The normalized spacial score (nSPS) is 24.1. The van der Waals surface area contributed by atoms with Crippen LogP contribution in [0.25, 0.3) is 0 Å². The van der Waals surface area contributed by atoms with Crippen LogP contribution >= 0.6 is 23.2 Å². The van der Waals surface area contributed by atoms with Crippen molar-refractivity contribution in [3.05, 3.63) is 45.8 Å². The number of halogens is 8. The van der Waals surface area contributed by atoms with Crippen LogP contribution in [0.15, 0.2) is 45.8 Å². The van der Waals surface area contributed by atoms with Crippen molar-refractivity contribution in [2.45, 2.75) is 36.3 Å². The van der Waals surface area contributed by atoms with Gasteiger partial charge < -0.3 is 32.3 Å². The van der Waals surface area contributed by atoms with E-state index in [1.54, 1.807) is 0 Å². The van der Waals surface area contributed by atoms with E-state index < -0.39 is 59.4 Å². The minimum absolute atomic E-state index is 0. The Morgan fingerprint density at radius 3 is 1.26 bits per heavy atom. The summed E-state index contributed by atoms with van der Waals surface area (Å²) >= 11 is 11.4. The Bertz CT molecular complexity index is 865. The van der Waals surface area contributed by atoms with Crippen molar-refractivity contribution in [1.82, 2.24) is 10.6 Å². The van der Waals surface area contributed by atoms with Gasteiger partial charge in [0.25, 0.3) is 0 Å². The average molecular weight is 600 g/mol. The Hall–Kier alpha value is -1.93. The number of nitrogens with two attached hydrogens (primary N) is 2. The van der Waals surface area contributed by atoms with Crippen molar-refractivity contribution in [3.8, 4) is 0 Å². The molecule has 0 amide bonds. The number of allylic oxidation sites excluding steroid dienone is 4. The molecule has 2 unspecified atom stereocenters. The van der Waals surface area contributed by atoms with Crippen LogP contribution < -0.4 is 22.1 Å². The van der Waals surface area contributed by atoms with E-state index >= 15 is 0 Å². The number of dihydropyridines is 2. The predicted octanol–water partition coefficient (Wildman–Crippen LogP) is 2.66. The van der Waals surface area contributed by atoms with Crippen LogP contribution in [0.3, 0.4) is 0 Å². The number of rotatable bonds is 6. The zero-order valence-corrected chi connectivity index (χ0v) is 19.8. The molecular formula is C18H20Cl2F6N4NiO4. The van der Waals surface area contributed by atoms with Gasteiger partial charge in [0, 0.05) is 52.0 Å². The van der Waals surface area contributed by atoms with Gasteiger partial charge in [0.15, 0.2) is 0 Å². The van der Waals surface area contributed by atoms with Crippen LogP contribution in [0.5, 0.6) is 0 Å². The summed E-state index contributed by atoms with van der Waals surface area (Å²) < 4.78 is 74.2. The standard InChI is InChI=1S/2C9H10ClF3N2O2.Ni/c2*10-6-1-5(9(11,12)13)3-15-8(6,4-14)2-7(16)17;/h2*1,3,15H,2,4,14H2,(H,16,17);. The zero-order valence-electron chi connectivity index (χ0n) is 17.3. The summed E-state index contributed by atoms with van der Waals surface area (Å²) in [6.45, 7) is -0.452. The second-order valence-corrected chi connectivity index (χ2v) is 8.00. The van der Waals surface area contributed by atoms with Gasteiger partial charge in [-0.2, -0.15) is 26.3 Å². The summed E-state index contributed by atoms with van der Waals surface area (Å²) in [5.74, 6) is -2.42. The number of hydrogen-bond acceptors (Lipinski definition) is 6. The second-order valence-electron chi connectivity index (χ2n) is 7.18. The van der Waals surface area contributed by atoms with Gasteiger partial charge in [-0.3, -0.25) is 9.59 Å². The summed E-state index contributed by atoms with van der Waals surface area (Å²) in [6.07, 6.45) is -7.35. The number of carboxylic acid groups (broad SMARTS) is 2. The molecule has 17 heteroatoms. The number of hydrogen-bond donors (Lipinski definition) is 6. The van der Waals surface area contributed by atoms with Gasteiger partial charge in [-0.25, -0.2) is 0 Å². The average Bonchev–Trinajstić information content (AvgIpc) is 2.69. The predicted molar refractivity (Wildman–Crippen MR) is 110 cm³/mol. The van der Waals surface area contributed by atoms with Gasteiger partial charge in [-0.1, -0.05) is 23.2 Å². The summed E-state index contributed by atoms with van der Waals surface area (Å²) in [7, 11) is 0. The van der Waals surface area contributed by atoms with Crippen LogP contribution in [0.2, 0.25) is 0 Å². The molecule has 8 N–H and O–H groups in total. The molecule has 0 saturated carbocycles. The molecule has 2 rings (SSSR count). The first-order valence-corrected chi connectivity index (χ1v) is 9.87. The van der Waals surface area contributed by atoms with Gasteiger partial charge in [0.2, 0.25) is 0 Å². The fourth-order valence-corrected chi connectivity index (χ4v) is 3.41. The third kappa shape index (κ3) is 8.60. The summed E-state index contributed by atoms with van der Waals surface area (Å²) in [6, 6.07) is 0. The maximum atomic E-state index is 12.4. The molecule has 0 spiro atoms. The van der Waals surface area contributed by atoms with Gasteiger partial charge in [-0.15, -0.1) is 0 Å². The molecule has 2 atom stereocenters. The molecule has 8 nitrogen and oxygen atoms in total. The van der Waals surface area contributed by atoms with Gasteiger partial charge in [0.1, 0.15) is 0 Å². The van der Waals surface area contributed by atoms with Crippen LogP contribution in [0.4, 0.5) is 26.3 Å². The molecular weight excluding hydrogens is 580 g/mol. The Balaban J connectivity index is 0.000000642. The van der Waals surface area contributed by atoms with Gasteiger partial charge in [0.05, 0.1) is 35.1 Å². The molecule has 0 aromatic rings. The minimum atomic E-state index is -4.54. The number of alkyl halides is 6. The SMILES string of the molecule is NCC1(CC(=O)O)NC=C(C(F)(F)F)C=C1Cl.NCC1(CC(=O)O)NC=C(C(F)(F)F)C=C1Cl.[Ni]. The first kappa shape index (κ1) is 33.1. The molecule has 0 saturated heterocycles. The Kier molecular flexibility index (Phi) is 11.7. The fraction of sp³-hybridized carbons (Fsp3) is 0.444. The molecule has 2 heterocycles. The molecule has 202 valence electrons. The molecule has 35 heavy (non-hydrogen) atoms. The van der Waals surface area contributed by atoms with Crippen LogP contribution in [0.1, 0.15) is 12.8 Å². The second kappa shape index (κ2) is 12.4. The molecule has 0 aromatic heterocycles. The number of nitrogens with one attached hydrogen (secondary N) is 2. The summed E-state index contributed by atoms with van der Waals surface area (Å²) in [5.41, 5.74) is 6.04. The fourth-order valence-electron chi connectivity index (χ4n) is 2.77. The Morgan fingerprint density at radius 2 is 1.09 bits per heavy atom. The van der Waals surface area contributed by atoms with Crippen molar-refractivity contribution in [1.29, 1.82) is 0 Å². The van der Waals surface area contributed by atoms with Crippen molar-refractivity contribution in [3.63, 3.8) is 0 Å². The van der Waals surface area contributed by atoms with E-state index in [2.05, 4.69) is 10.6 Å². The number of aliphatic carboxylic acids is 2. The first-order chi connectivity index (χ1) is 15.4. The maximum Gasteiger partial charge on any atom is 0.417 e. The van der Waals surface area contributed by atoms with E-state index in [-0.39, 0.29) is 39.6 Å². The van der Waals surface area contributed by atoms with E-state index in [0.29, 0.717) is 24.6 Å². The Labute approximate surface area is 215 Å². The van der Waals surface area contributed by atoms with Crippen molar-refractivity contribution < 1.29 is 62.6 Å². The molecule has 0 radical (unpaired) electrons. The van der Waals surface area contributed by atoms with E-state index in [9.17, 15) is 35.9 Å². The Morgan fingerprint density at radius 1 is 0.800 bits per heavy atom. The molecule has 2 aliphatic heterocycles. The molecule has 0 fully saturated rings. The van der Waals surface area contributed by atoms with Crippen LogP contribution in [-0.4, -0.2) is 58.7 Å². The quantitative estimate of drug-likeness (QED) is 0.201. The van der Waals surface area contributed by atoms with Crippen LogP contribution in [0, 0.1) is 0 Å². The maximum absolute atomic E-state index is 12.4. The number of carboxylic acids is 2. The zero-order chi connectivity index (χ0) is 26.5. The topological polar surface area (TPSA) is 151 Å². The minimum Gasteiger partial charge on any atom is -0.481 e. The van der Waals surface area contributed by atoms with Crippen molar-refractivity contribution in [2.24, 2.45) is 11.5 Å². The first-order valence-electron chi connectivity index (χ1n) is 9.11. The molecule has 2 aliphatic rings. The molecule has 0 aromatic carbocycles. The largest absolute Gasteiger partial charge is 0.481 e. The van der Waals surface area contributed by atoms with Gasteiger partial charge in [-0.05, 0) is 12.2 Å². The molecule has 0 bridgehead atoms. The van der Waals surface area contributed by atoms with E-state index in [0.717, 1.165) is 0 Å². The van der Waals surface area contributed by atoms with Crippen molar-refractivity contribution in [2.75, 3.05) is 13.1 Å². The number of carbonyl (C=O) groups is 2. The van der Waals surface area contributed by atoms with E-state index in [4.69, 9.17) is 44.9 Å².